The van der Waals surface area contributed by atoms with E-state index in [1.165, 1.54) is 6.07 Å². The maximum Gasteiger partial charge on any atom is 0.310 e. The molecule has 0 spiro atoms. The van der Waals surface area contributed by atoms with Gasteiger partial charge in [-0.3, -0.25) is 14.9 Å². The van der Waals surface area contributed by atoms with Gasteiger partial charge >= 0.3 is 5.97 Å². The number of carboxylic acid groups (broad SMARTS) is 1. The zero-order valence-corrected chi connectivity index (χ0v) is 11.3. The first-order valence-corrected chi connectivity index (χ1v) is 6.38. The van der Waals surface area contributed by atoms with Crippen LogP contribution in [0.15, 0.2) is 34.8 Å². The lowest BCUT2D eigenvalue weighted by molar-refractivity contribution is -0.384. The van der Waals surface area contributed by atoms with Crippen LogP contribution in [-0.4, -0.2) is 22.0 Å². The van der Waals surface area contributed by atoms with Gasteiger partial charge in [0.15, 0.2) is 0 Å². The summed E-state index contributed by atoms with van der Waals surface area (Å²) in [6.45, 7) is 0. The number of benzene rings is 1. The molecule has 0 fully saturated rings. The molecule has 0 aromatic heterocycles. The number of carbonyl (C=O) groups is 1. The number of nitrogens with one attached hydrogen (secondary N) is 1. The Bertz CT molecular complexity index is 559. The number of hydrogen-bond donors (Lipinski definition) is 2. The highest BCUT2D eigenvalue weighted by Gasteiger charge is 2.26. The van der Waals surface area contributed by atoms with Crippen molar-refractivity contribution in [2.75, 3.05) is 5.32 Å². The van der Waals surface area contributed by atoms with Crippen molar-refractivity contribution in [2.45, 2.75) is 12.5 Å². The zero-order chi connectivity index (χ0) is 14.0. The fourth-order valence-corrected chi connectivity index (χ4v) is 2.32. The van der Waals surface area contributed by atoms with Gasteiger partial charge in [-0.05, 0) is 18.6 Å². The molecular formula is C12H11BrN2O4. The second-order valence-corrected chi connectivity index (χ2v) is 5.15. The number of rotatable bonds is 4. The van der Waals surface area contributed by atoms with Crippen molar-refractivity contribution in [3.63, 3.8) is 0 Å². The van der Waals surface area contributed by atoms with Crippen molar-refractivity contribution in [1.29, 1.82) is 0 Å². The molecule has 0 radical (unpaired) electrons. The number of anilines is 1. The van der Waals surface area contributed by atoms with E-state index in [1.807, 2.05) is 0 Å². The average Bonchev–Trinajstić information content (AvgIpc) is 2.80. The van der Waals surface area contributed by atoms with E-state index >= 15 is 0 Å². The number of carboxylic acids is 1. The van der Waals surface area contributed by atoms with Gasteiger partial charge in [-0.15, -0.1) is 0 Å². The van der Waals surface area contributed by atoms with E-state index in [9.17, 15) is 14.9 Å². The van der Waals surface area contributed by atoms with Crippen molar-refractivity contribution in [1.82, 2.24) is 0 Å². The van der Waals surface area contributed by atoms with Gasteiger partial charge in [0, 0.05) is 16.6 Å². The van der Waals surface area contributed by atoms with Crippen molar-refractivity contribution < 1.29 is 14.8 Å². The average molecular weight is 327 g/mol. The lowest BCUT2D eigenvalue weighted by atomic mass is 10.1. The standard InChI is InChI=1S/C12H11BrN2O4/c13-8-2-4-10(11(6-8)15(18)19)14-9-3-1-7(5-9)12(16)17/h1-4,6-7,9,14H,5H2,(H,16,17). The number of hydrogen-bond acceptors (Lipinski definition) is 4. The van der Waals surface area contributed by atoms with Crippen molar-refractivity contribution in [3.05, 3.63) is 44.9 Å². The van der Waals surface area contributed by atoms with Crippen molar-refractivity contribution >= 4 is 33.3 Å². The molecule has 19 heavy (non-hydrogen) atoms. The van der Waals surface area contributed by atoms with Gasteiger partial charge in [-0.2, -0.15) is 0 Å². The number of nitro benzene ring substituents is 1. The third-order valence-electron chi connectivity index (χ3n) is 2.90. The van der Waals surface area contributed by atoms with Crippen LogP contribution in [0.1, 0.15) is 6.42 Å². The summed E-state index contributed by atoms with van der Waals surface area (Å²) in [5, 5.41) is 22.8. The van der Waals surface area contributed by atoms with Gasteiger partial charge < -0.3 is 10.4 Å². The molecule has 1 aromatic carbocycles. The topological polar surface area (TPSA) is 92.5 Å². The van der Waals surface area contributed by atoms with Crippen LogP contribution in [-0.2, 0) is 4.79 Å². The minimum absolute atomic E-state index is 0.0402. The number of aliphatic carboxylic acids is 1. The molecule has 2 atom stereocenters. The second kappa shape index (κ2) is 5.40. The highest BCUT2D eigenvalue weighted by atomic mass is 79.9. The Morgan fingerprint density at radius 3 is 2.79 bits per heavy atom. The van der Waals surface area contributed by atoms with Gasteiger partial charge in [-0.1, -0.05) is 28.1 Å². The quantitative estimate of drug-likeness (QED) is 0.504. The number of nitrogens with zero attached hydrogens (tertiary/aromatic N) is 1. The van der Waals surface area contributed by atoms with Crippen LogP contribution >= 0.6 is 15.9 Å². The fraction of sp³-hybridized carbons (Fsp3) is 0.250. The van der Waals surface area contributed by atoms with Crippen molar-refractivity contribution in [3.8, 4) is 0 Å². The molecule has 0 bridgehead atoms. The minimum atomic E-state index is -0.883. The predicted octanol–water partition coefficient (Wildman–Crippen LogP) is 2.80. The molecule has 2 unspecified atom stereocenters. The molecule has 0 amide bonds. The van der Waals surface area contributed by atoms with Crippen LogP contribution in [0.25, 0.3) is 0 Å². The summed E-state index contributed by atoms with van der Waals surface area (Å²) in [6.07, 6.45) is 3.72. The first-order chi connectivity index (χ1) is 8.97. The molecule has 0 aliphatic heterocycles. The Morgan fingerprint density at radius 2 is 2.21 bits per heavy atom. The molecule has 6 nitrogen and oxygen atoms in total. The van der Waals surface area contributed by atoms with E-state index in [1.54, 1.807) is 24.3 Å². The Morgan fingerprint density at radius 1 is 1.47 bits per heavy atom. The van der Waals surface area contributed by atoms with E-state index in [2.05, 4.69) is 21.2 Å². The summed E-state index contributed by atoms with van der Waals surface area (Å²) < 4.78 is 0.620. The molecule has 1 aromatic rings. The summed E-state index contributed by atoms with van der Waals surface area (Å²) in [7, 11) is 0. The van der Waals surface area contributed by atoms with Crippen molar-refractivity contribution in [2.24, 2.45) is 5.92 Å². The molecule has 0 saturated heterocycles. The van der Waals surface area contributed by atoms with Gasteiger partial charge in [0.1, 0.15) is 5.69 Å². The van der Waals surface area contributed by atoms with E-state index in [4.69, 9.17) is 5.11 Å². The summed E-state index contributed by atoms with van der Waals surface area (Å²) >= 11 is 3.18. The SMILES string of the molecule is O=C(O)C1C=CC(Nc2ccc(Br)cc2[N+](=O)[O-])C1. The Balaban J connectivity index is 2.15. The normalized spacial score (nSPS) is 21.3. The van der Waals surface area contributed by atoms with Crippen LogP contribution in [0.3, 0.4) is 0 Å². The summed E-state index contributed by atoms with van der Waals surface area (Å²) in [5.74, 6) is -1.42. The van der Waals surface area contributed by atoms with Crippen LogP contribution in [0.4, 0.5) is 11.4 Å². The molecule has 2 N–H and O–H groups in total. The molecular weight excluding hydrogens is 316 g/mol. The van der Waals surface area contributed by atoms with Crippen LogP contribution in [0.2, 0.25) is 0 Å². The second-order valence-electron chi connectivity index (χ2n) is 4.23. The lowest BCUT2D eigenvalue weighted by Crippen LogP contribution is -2.19. The maximum absolute atomic E-state index is 11.0. The zero-order valence-electron chi connectivity index (χ0n) is 9.75. The third-order valence-corrected chi connectivity index (χ3v) is 3.39. The maximum atomic E-state index is 11.0. The minimum Gasteiger partial charge on any atom is -0.481 e. The lowest BCUT2D eigenvalue weighted by Gasteiger charge is -2.13. The number of nitro groups is 1. The van der Waals surface area contributed by atoms with Crippen LogP contribution in [0.5, 0.6) is 0 Å². The predicted molar refractivity (Wildman–Crippen MR) is 73.1 cm³/mol. The summed E-state index contributed by atoms with van der Waals surface area (Å²) in [6, 6.07) is 4.50. The van der Waals surface area contributed by atoms with Gasteiger partial charge in [-0.25, -0.2) is 0 Å². The molecule has 2 rings (SSSR count). The largest absolute Gasteiger partial charge is 0.481 e. The molecule has 0 saturated carbocycles. The first-order valence-electron chi connectivity index (χ1n) is 5.59. The highest BCUT2D eigenvalue weighted by Crippen LogP contribution is 2.30. The molecule has 1 aliphatic carbocycles. The summed E-state index contributed by atoms with van der Waals surface area (Å²) in [5.41, 5.74) is 0.343. The monoisotopic (exact) mass is 326 g/mol. The van der Waals surface area contributed by atoms with E-state index in [0.717, 1.165) is 0 Å². The van der Waals surface area contributed by atoms with E-state index in [-0.39, 0.29) is 11.7 Å². The van der Waals surface area contributed by atoms with Crippen LogP contribution < -0.4 is 5.32 Å². The number of halogens is 1. The molecule has 7 heteroatoms. The van der Waals surface area contributed by atoms with Gasteiger partial charge in [0.25, 0.3) is 5.69 Å². The Hall–Kier alpha value is -1.89. The highest BCUT2D eigenvalue weighted by molar-refractivity contribution is 9.10. The van der Waals surface area contributed by atoms with Gasteiger partial charge in [0.2, 0.25) is 0 Å². The Labute approximate surface area is 117 Å². The smallest absolute Gasteiger partial charge is 0.310 e. The van der Waals surface area contributed by atoms with Gasteiger partial charge in [0.05, 0.1) is 10.8 Å². The van der Waals surface area contributed by atoms with Crippen LogP contribution in [0, 0.1) is 16.0 Å². The van der Waals surface area contributed by atoms with E-state index < -0.39 is 16.8 Å². The summed E-state index contributed by atoms with van der Waals surface area (Å²) in [4.78, 5) is 21.3. The molecule has 1 aliphatic rings. The third kappa shape index (κ3) is 3.11. The fourth-order valence-electron chi connectivity index (χ4n) is 1.97. The Kier molecular flexibility index (Phi) is 3.84. The first kappa shape index (κ1) is 13.5. The molecule has 100 valence electrons. The molecule has 0 heterocycles. The van der Waals surface area contributed by atoms with E-state index in [0.29, 0.717) is 16.6 Å².